The Bertz CT molecular complexity index is 411. The van der Waals surface area contributed by atoms with Crippen molar-refractivity contribution in [1.29, 1.82) is 0 Å². The molecule has 1 aromatic rings. The molecule has 0 amide bonds. The number of carbonyl (C=O) groups is 1. The third kappa shape index (κ3) is 2.97. The van der Waals surface area contributed by atoms with Gasteiger partial charge < -0.3 is 10.4 Å². The van der Waals surface area contributed by atoms with Gasteiger partial charge in [0.15, 0.2) is 0 Å². The number of aliphatic carboxylic acids is 1. The second kappa shape index (κ2) is 5.49. The lowest BCUT2D eigenvalue weighted by Gasteiger charge is -2.33. The molecule has 0 aromatic heterocycles. The van der Waals surface area contributed by atoms with E-state index in [1.165, 1.54) is 0 Å². The quantitative estimate of drug-likeness (QED) is 0.851. The Morgan fingerprint density at radius 2 is 2.29 bits per heavy atom. The van der Waals surface area contributed by atoms with Gasteiger partial charge in [0.25, 0.3) is 0 Å². The molecule has 1 heterocycles. The van der Waals surface area contributed by atoms with Gasteiger partial charge in [-0.3, -0.25) is 9.69 Å². The molecule has 17 heavy (non-hydrogen) atoms. The van der Waals surface area contributed by atoms with E-state index < -0.39 is 12.0 Å². The molecule has 4 nitrogen and oxygen atoms in total. The van der Waals surface area contributed by atoms with Crippen molar-refractivity contribution in [2.45, 2.75) is 12.6 Å². The normalized spacial score (nSPS) is 21.4. The first-order valence-electron chi connectivity index (χ1n) is 5.59. The molecule has 1 atom stereocenters. The lowest BCUT2D eigenvalue weighted by atomic mass is 10.1. The summed E-state index contributed by atoms with van der Waals surface area (Å²) in [4.78, 5) is 13.1. The summed E-state index contributed by atoms with van der Waals surface area (Å²) in [5, 5.41) is 12.9. The molecule has 92 valence electrons. The van der Waals surface area contributed by atoms with Crippen LogP contribution in [0.1, 0.15) is 5.56 Å². The van der Waals surface area contributed by atoms with Gasteiger partial charge in [-0.05, 0) is 11.6 Å². The summed E-state index contributed by atoms with van der Waals surface area (Å²) < 4.78 is 0. The van der Waals surface area contributed by atoms with Gasteiger partial charge >= 0.3 is 5.97 Å². The maximum absolute atomic E-state index is 11.1. The zero-order valence-corrected chi connectivity index (χ0v) is 10.2. The van der Waals surface area contributed by atoms with E-state index in [1.807, 2.05) is 29.2 Å². The van der Waals surface area contributed by atoms with Crippen LogP contribution in [0.15, 0.2) is 24.3 Å². The zero-order valence-electron chi connectivity index (χ0n) is 9.40. The standard InChI is InChI=1S/C12H15ClN2O2/c13-10-4-2-1-3-9(10)8-15-6-5-14-7-11(15)12(16)17/h1-4,11,14H,5-8H2,(H,16,17). The van der Waals surface area contributed by atoms with Crippen LogP contribution in [0.4, 0.5) is 0 Å². The highest BCUT2D eigenvalue weighted by Crippen LogP contribution is 2.18. The van der Waals surface area contributed by atoms with E-state index in [4.69, 9.17) is 16.7 Å². The van der Waals surface area contributed by atoms with E-state index in [-0.39, 0.29) is 0 Å². The summed E-state index contributed by atoms with van der Waals surface area (Å²) in [6, 6.07) is 7.08. The maximum atomic E-state index is 11.1. The fourth-order valence-electron chi connectivity index (χ4n) is 2.02. The van der Waals surface area contributed by atoms with Crippen LogP contribution in [0.3, 0.4) is 0 Å². The van der Waals surface area contributed by atoms with Crippen molar-refractivity contribution in [1.82, 2.24) is 10.2 Å². The van der Waals surface area contributed by atoms with E-state index >= 15 is 0 Å². The molecule has 2 N–H and O–H groups in total. The van der Waals surface area contributed by atoms with E-state index in [2.05, 4.69) is 5.32 Å². The Kier molecular flexibility index (Phi) is 3.99. The number of nitrogens with one attached hydrogen (secondary N) is 1. The van der Waals surface area contributed by atoms with Crippen molar-refractivity contribution in [3.63, 3.8) is 0 Å². The largest absolute Gasteiger partial charge is 0.480 e. The fourth-order valence-corrected chi connectivity index (χ4v) is 2.22. The predicted molar refractivity (Wildman–Crippen MR) is 66.2 cm³/mol. The molecule has 1 fully saturated rings. The van der Waals surface area contributed by atoms with Gasteiger partial charge in [-0.25, -0.2) is 0 Å². The smallest absolute Gasteiger partial charge is 0.322 e. The van der Waals surface area contributed by atoms with Crippen molar-refractivity contribution in [3.05, 3.63) is 34.9 Å². The lowest BCUT2D eigenvalue weighted by Crippen LogP contribution is -2.54. The molecule has 2 rings (SSSR count). The molecule has 0 bridgehead atoms. The number of benzene rings is 1. The third-order valence-electron chi connectivity index (χ3n) is 2.97. The molecule has 1 aliphatic heterocycles. The first kappa shape index (κ1) is 12.4. The molecule has 0 radical (unpaired) electrons. The monoisotopic (exact) mass is 254 g/mol. The molecule has 1 aromatic carbocycles. The molecule has 1 unspecified atom stereocenters. The molecular weight excluding hydrogens is 240 g/mol. The van der Waals surface area contributed by atoms with Crippen molar-refractivity contribution in [2.75, 3.05) is 19.6 Å². The van der Waals surface area contributed by atoms with Crippen molar-refractivity contribution >= 4 is 17.6 Å². The summed E-state index contributed by atoms with van der Waals surface area (Å²) in [7, 11) is 0. The second-order valence-electron chi connectivity index (χ2n) is 4.12. The Morgan fingerprint density at radius 1 is 1.53 bits per heavy atom. The number of carboxylic acid groups (broad SMARTS) is 1. The SMILES string of the molecule is O=C(O)C1CNCCN1Cc1ccccc1Cl. The molecule has 0 saturated carbocycles. The van der Waals surface area contributed by atoms with Crippen molar-refractivity contribution in [2.24, 2.45) is 0 Å². The number of rotatable bonds is 3. The van der Waals surface area contributed by atoms with Gasteiger partial charge in [-0.1, -0.05) is 29.8 Å². The predicted octanol–water partition coefficient (Wildman–Crippen LogP) is 1.20. The van der Waals surface area contributed by atoms with E-state index in [0.29, 0.717) is 18.1 Å². The highest BCUT2D eigenvalue weighted by Gasteiger charge is 2.28. The van der Waals surface area contributed by atoms with Crippen molar-refractivity contribution in [3.8, 4) is 0 Å². The Balaban J connectivity index is 2.11. The van der Waals surface area contributed by atoms with E-state index in [1.54, 1.807) is 0 Å². The zero-order chi connectivity index (χ0) is 12.3. The Hall–Kier alpha value is -1.10. The third-order valence-corrected chi connectivity index (χ3v) is 3.34. The topological polar surface area (TPSA) is 52.6 Å². The number of halogens is 1. The van der Waals surface area contributed by atoms with Gasteiger partial charge in [0.2, 0.25) is 0 Å². The molecule has 1 saturated heterocycles. The molecule has 0 spiro atoms. The second-order valence-corrected chi connectivity index (χ2v) is 4.53. The Labute approximate surface area is 105 Å². The minimum atomic E-state index is -0.788. The van der Waals surface area contributed by atoms with Gasteiger partial charge in [0.05, 0.1) is 0 Å². The minimum absolute atomic E-state index is 0.472. The molecular formula is C12H15ClN2O2. The average Bonchev–Trinajstić information content (AvgIpc) is 2.32. The summed E-state index contributed by atoms with van der Waals surface area (Å²) in [5.74, 6) is -0.788. The maximum Gasteiger partial charge on any atom is 0.322 e. The van der Waals surface area contributed by atoms with Crippen LogP contribution >= 0.6 is 11.6 Å². The highest BCUT2D eigenvalue weighted by molar-refractivity contribution is 6.31. The van der Waals surface area contributed by atoms with Gasteiger partial charge in [-0.15, -0.1) is 0 Å². The summed E-state index contributed by atoms with van der Waals surface area (Å²) >= 11 is 6.08. The number of nitrogens with zero attached hydrogens (tertiary/aromatic N) is 1. The number of piperazine rings is 1. The number of hydrogen-bond donors (Lipinski definition) is 2. The van der Waals surface area contributed by atoms with Crippen molar-refractivity contribution < 1.29 is 9.90 Å². The van der Waals surface area contributed by atoms with Gasteiger partial charge in [0, 0.05) is 31.2 Å². The summed E-state index contributed by atoms with van der Waals surface area (Å²) in [6.07, 6.45) is 0. The average molecular weight is 255 g/mol. The molecule has 5 heteroatoms. The van der Waals surface area contributed by atoms with Crippen LogP contribution in [-0.4, -0.2) is 41.7 Å². The Morgan fingerprint density at radius 3 is 3.00 bits per heavy atom. The molecule has 0 aliphatic carbocycles. The number of hydrogen-bond acceptors (Lipinski definition) is 3. The summed E-state index contributed by atoms with van der Waals surface area (Å²) in [5.41, 5.74) is 0.974. The first-order valence-corrected chi connectivity index (χ1v) is 5.97. The van der Waals surface area contributed by atoms with Gasteiger partial charge in [0.1, 0.15) is 6.04 Å². The van der Waals surface area contributed by atoms with Crippen LogP contribution in [0.2, 0.25) is 5.02 Å². The first-order chi connectivity index (χ1) is 8.18. The highest BCUT2D eigenvalue weighted by atomic mass is 35.5. The van der Waals surface area contributed by atoms with Crippen LogP contribution < -0.4 is 5.32 Å². The van der Waals surface area contributed by atoms with Crippen LogP contribution in [0.25, 0.3) is 0 Å². The van der Waals surface area contributed by atoms with Crippen LogP contribution in [-0.2, 0) is 11.3 Å². The van der Waals surface area contributed by atoms with Gasteiger partial charge in [-0.2, -0.15) is 0 Å². The van der Waals surface area contributed by atoms with Crippen LogP contribution in [0, 0.1) is 0 Å². The molecule has 1 aliphatic rings. The van der Waals surface area contributed by atoms with Crippen LogP contribution in [0.5, 0.6) is 0 Å². The van der Waals surface area contributed by atoms with E-state index in [0.717, 1.165) is 18.7 Å². The fraction of sp³-hybridized carbons (Fsp3) is 0.417. The number of carboxylic acids is 1. The minimum Gasteiger partial charge on any atom is -0.480 e. The van der Waals surface area contributed by atoms with E-state index in [9.17, 15) is 4.79 Å². The summed E-state index contributed by atoms with van der Waals surface area (Å²) in [6.45, 7) is 2.61. The lowest BCUT2D eigenvalue weighted by molar-refractivity contribution is -0.144.